The number of nitrogens with one attached hydrogen (secondary N) is 1. The Bertz CT molecular complexity index is 1010. The van der Waals surface area contributed by atoms with Crippen LogP contribution in [-0.2, 0) is 0 Å². The Morgan fingerprint density at radius 2 is 2.04 bits per heavy atom. The zero-order chi connectivity index (χ0) is 19.3. The molecule has 0 saturated carbocycles. The van der Waals surface area contributed by atoms with Gasteiger partial charge in [-0.3, -0.25) is 0 Å². The number of nitrogens with zero attached hydrogens (tertiary/aromatic N) is 5. The Kier molecular flexibility index (Phi) is 4.08. The third-order valence-electron chi connectivity index (χ3n) is 5.97. The van der Waals surface area contributed by atoms with Gasteiger partial charge in [0.05, 0.1) is 23.4 Å². The summed E-state index contributed by atoms with van der Waals surface area (Å²) < 4.78 is 14.8. The summed E-state index contributed by atoms with van der Waals surface area (Å²) in [5, 5.41) is 31.0. The van der Waals surface area contributed by atoms with E-state index < -0.39 is 6.17 Å². The van der Waals surface area contributed by atoms with Crippen LogP contribution >= 0.6 is 0 Å². The number of hydrogen-bond donors (Lipinski definition) is 2. The predicted molar refractivity (Wildman–Crippen MR) is 104 cm³/mol. The monoisotopic (exact) mass is 380 g/mol. The van der Waals surface area contributed by atoms with Gasteiger partial charge in [-0.15, -0.1) is 10.2 Å². The second-order valence-electron chi connectivity index (χ2n) is 7.64. The van der Waals surface area contributed by atoms with Crippen LogP contribution in [-0.4, -0.2) is 56.8 Å². The molecule has 5 rings (SSSR count). The number of aromatic nitrogens is 4. The number of halogens is 1. The standard InChI is InChI=1S/C20H21FN6O/c1-27(17-9-12-2-3-15(23-12)20(17)21)19-5-4-14(25-26-19)13-10-16-11(8-18(13)28)6-7-22-24-16/h4-8,10,12,15,17,20,23,28H,2-3,9H2,1H3/t12?,15?,17-,20+/m0/s1. The van der Waals surface area contributed by atoms with E-state index in [4.69, 9.17) is 0 Å². The number of rotatable bonds is 3. The Hall–Kier alpha value is -2.87. The number of alkyl halides is 1. The lowest BCUT2D eigenvalue weighted by atomic mass is 9.96. The molecule has 0 spiro atoms. The average molecular weight is 380 g/mol. The van der Waals surface area contributed by atoms with Crippen molar-refractivity contribution in [2.75, 3.05) is 11.9 Å². The van der Waals surface area contributed by atoms with Crippen molar-refractivity contribution in [1.82, 2.24) is 25.7 Å². The van der Waals surface area contributed by atoms with Gasteiger partial charge in [-0.1, -0.05) is 0 Å². The van der Waals surface area contributed by atoms with Crippen LogP contribution in [0.5, 0.6) is 5.75 Å². The topological polar surface area (TPSA) is 87.1 Å². The van der Waals surface area contributed by atoms with Crippen molar-refractivity contribution in [3.8, 4) is 17.0 Å². The molecule has 144 valence electrons. The molecule has 2 N–H and O–H groups in total. The molecule has 1 aromatic carbocycles. The molecule has 0 aliphatic carbocycles. The first-order valence-electron chi connectivity index (χ1n) is 9.51. The fraction of sp³-hybridized carbons (Fsp3) is 0.400. The summed E-state index contributed by atoms with van der Waals surface area (Å²) in [5.41, 5.74) is 1.74. The van der Waals surface area contributed by atoms with Gasteiger partial charge in [0.15, 0.2) is 5.82 Å². The van der Waals surface area contributed by atoms with E-state index in [0.717, 1.165) is 24.6 Å². The third-order valence-corrected chi connectivity index (χ3v) is 5.97. The van der Waals surface area contributed by atoms with Gasteiger partial charge in [-0.25, -0.2) is 4.39 Å². The number of phenolic OH excluding ortho intramolecular Hbond substituents is 1. The van der Waals surface area contributed by atoms with Crippen molar-refractivity contribution < 1.29 is 9.50 Å². The highest BCUT2D eigenvalue weighted by Crippen LogP contribution is 2.34. The summed E-state index contributed by atoms with van der Waals surface area (Å²) in [6.45, 7) is 0. The first-order valence-corrected chi connectivity index (χ1v) is 9.51. The molecule has 2 bridgehead atoms. The number of phenols is 1. The number of anilines is 1. The predicted octanol–water partition coefficient (Wildman–Crippen LogP) is 2.46. The largest absolute Gasteiger partial charge is 0.507 e. The van der Waals surface area contributed by atoms with E-state index in [0.29, 0.717) is 28.6 Å². The SMILES string of the molecule is CN(c1ccc(-c2cc3nnccc3cc2O)nn1)[C@H]1CC2CCC(N2)[C@H]1F. The van der Waals surface area contributed by atoms with E-state index in [1.54, 1.807) is 30.5 Å². The van der Waals surface area contributed by atoms with Crippen LogP contribution in [0.15, 0.2) is 36.5 Å². The minimum absolute atomic E-state index is 0.0610. The number of aromatic hydroxyl groups is 1. The van der Waals surface area contributed by atoms with Crippen LogP contribution in [0, 0.1) is 0 Å². The molecule has 2 aliphatic heterocycles. The molecular formula is C20H21FN6O. The smallest absolute Gasteiger partial charge is 0.151 e. The Labute approximate surface area is 161 Å². The second kappa shape index (κ2) is 6.63. The third kappa shape index (κ3) is 2.84. The van der Waals surface area contributed by atoms with E-state index in [-0.39, 0.29) is 17.8 Å². The summed E-state index contributed by atoms with van der Waals surface area (Å²) in [4.78, 5) is 1.89. The van der Waals surface area contributed by atoms with Gasteiger partial charge in [-0.2, -0.15) is 10.2 Å². The van der Waals surface area contributed by atoms with Crippen LogP contribution in [0.4, 0.5) is 10.2 Å². The Balaban J connectivity index is 1.42. The van der Waals surface area contributed by atoms with Crippen molar-refractivity contribution in [3.05, 3.63) is 36.5 Å². The number of hydrogen-bond acceptors (Lipinski definition) is 7. The zero-order valence-electron chi connectivity index (χ0n) is 15.5. The molecule has 2 saturated heterocycles. The van der Waals surface area contributed by atoms with Crippen molar-refractivity contribution >= 4 is 16.7 Å². The van der Waals surface area contributed by atoms with Gasteiger partial charge in [0.25, 0.3) is 0 Å². The second-order valence-corrected chi connectivity index (χ2v) is 7.64. The molecule has 28 heavy (non-hydrogen) atoms. The van der Waals surface area contributed by atoms with Crippen molar-refractivity contribution in [3.63, 3.8) is 0 Å². The summed E-state index contributed by atoms with van der Waals surface area (Å²) in [6.07, 6.45) is 3.35. The lowest BCUT2D eigenvalue weighted by Gasteiger charge is -2.38. The van der Waals surface area contributed by atoms with Crippen molar-refractivity contribution in [1.29, 1.82) is 0 Å². The van der Waals surface area contributed by atoms with Crippen LogP contribution in [0.25, 0.3) is 22.2 Å². The van der Waals surface area contributed by atoms with Gasteiger partial charge in [0, 0.05) is 30.1 Å². The molecule has 3 aromatic rings. The lowest BCUT2D eigenvalue weighted by molar-refractivity contribution is 0.176. The fourth-order valence-corrected chi connectivity index (χ4v) is 4.40. The first-order chi connectivity index (χ1) is 13.6. The number of piperidine rings is 1. The minimum Gasteiger partial charge on any atom is -0.507 e. The molecule has 4 atom stereocenters. The molecular weight excluding hydrogens is 359 g/mol. The van der Waals surface area contributed by atoms with Crippen molar-refractivity contribution in [2.45, 2.75) is 43.6 Å². The van der Waals surface area contributed by atoms with Crippen LogP contribution in [0.1, 0.15) is 19.3 Å². The maximum absolute atomic E-state index is 14.8. The Morgan fingerprint density at radius 3 is 2.86 bits per heavy atom. The molecule has 8 heteroatoms. The fourth-order valence-electron chi connectivity index (χ4n) is 4.40. The summed E-state index contributed by atoms with van der Waals surface area (Å²) in [6, 6.07) is 8.89. The van der Waals surface area contributed by atoms with E-state index >= 15 is 0 Å². The van der Waals surface area contributed by atoms with E-state index in [1.165, 1.54) is 0 Å². The molecule has 7 nitrogen and oxygen atoms in total. The van der Waals surface area contributed by atoms with Crippen molar-refractivity contribution in [2.24, 2.45) is 0 Å². The van der Waals surface area contributed by atoms with Crippen LogP contribution in [0.2, 0.25) is 0 Å². The average Bonchev–Trinajstić information content (AvgIpc) is 3.13. The summed E-state index contributed by atoms with van der Waals surface area (Å²) in [7, 11) is 1.87. The van der Waals surface area contributed by atoms with E-state index in [2.05, 4.69) is 25.7 Å². The maximum Gasteiger partial charge on any atom is 0.151 e. The zero-order valence-corrected chi connectivity index (χ0v) is 15.5. The van der Waals surface area contributed by atoms with Gasteiger partial charge >= 0.3 is 0 Å². The van der Waals surface area contributed by atoms with E-state index in [1.807, 2.05) is 18.0 Å². The maximum atomic E-state index is 14.8. The van der Waals surface area contributed by atoms with E-state index in [9.17, 15) is 9.50 Å². The van der Waals surface area contributed by atoms with Crippen LogP contribution in [0.3, 0.4) is 0 Å². The molecule has 0 radical (unpaired) electrons. The highest BCUT2D eigenvalue weighted by Gasteiger charge is 2.43. The highest BCUT2D eigenvalue weighted by atomic mass is 19.1. The van der Waals surface area contributed by atoms with Gasteiger partial charge < -0.3 is 15.3 Å². The highest BCUT2D eigenvalue weighted by molar-refractivity contribution is 5.86. The van der Waals surface area contributed by atoms with Gasteiger partial charge in [0.2, 0.25) is 0 Å². The number of fused-ring (bicyclic) bond motifs is 3. The normalized spacial score (nSPS) is 26.5. The summed E-state index contributed by atoms with van der Waals surface area (Å²) >= 11 is 0. The Morgan fingerprint density at radius 1 is 1.14 bits per heavy atom. The first kappa shape index (κ1) is 17.2. The lowest BCUT2D eigenvalue weighted by Crippen LogP contribution is -2.55. The number of benzene rings is 1. The van der Waals surface area contributed by atoms with Gasteiger partial charge in [0.1, 0.15) is 11.9 Å². The molecule has 2 aromatic heterocycles. The molecule has 0 amide bonds. The van der Waals surface area contributed by atoms with Gasteiger partial charge in [-0.05, 0) is 49.6 Å². The molecule has 2 fully saturated rings. The molecule has 2 aliphatic rings. The molecule has 4 heterocycles. The minimum atomic E-state index is -0.923. The summed E-state index contributed by atoms with van der Waals surface area (Å²) in [5.74, 6) is 0.729. The van der Waals surface area contributed by atoms with Crippen LogP contribution < -0.4 is 10.2 Å². The molecule has 2 unspecified atom stereocenters. The quantitative estimate of drug-likeness (QED) is 0.722.